The molecule has 0 radical (unpaired) electrons. The van der Waals surface area contributed by atoms with Gasteiger partial charge in [-0.15, -0.1) is 0 Å². The molecule has 0 aromatic heterocycles. The van der Waals surface area contributed by atoms with Crippen molar-refractivity contribution in [3.63, 3.8) is 0 Å². The van der Waals surface area contributed by atoms with Crippen LogP contribution in [0.25, 0.3) is 0 Å². The fourth-order valence-corrected chi connectivity index (χ4v) is 3.95. The molecule has 0 bridgehead atoms. The second-order valence-corrected chi connectivity index (χ2v) is 5.80. The molecule has 0 aliphatic carbocycles. The quantitative estimate of drug-likeness (QED) is 0.331. The number of thioether (sulfide) groups is 1. The number of hydrogen-bond donors (Lipinski definition) is 2. The van der Waals surface area contributed by atoms with E-state index in [0.29, 0.717) is 11.7 Å². The monoisotopic (exact) mass is 270 g/mol. The Morgan fingerprint density at radius 2 is 2.33 bits per heavy atom. The van der Waals surface area contributed by atoms with Crippen LogP contribution in [0.5, 0.6) is 0 Å². The Hall–Kier alpha value is -1.17. The third-order valence-electron chi connectivity index (χ3n) is 3.27. The van der Waals surface area contributed by atoms with Gasteiger partial charge in [-0.2, -0.15) is 11.8 Å². The number of nitrogens with one attached hydrogen (secondary N) is 2. The lowest BCUT2D eigenvalue weighted by Crippen LogP contribution is -2.36. The van der Waals surface area contributed by atoms with Gasteiger partial charge in [-0.05, 0) is 12.8 Å². The highest BCUT2D eigenvalue weighted by Crippen LogP contribution is 2.33. The minimum absolute atomic E-state index is 0.0511. The molecule has 0 aromatic carbocycles. The fraction of sp³-hybridized carbons (Fsp3) is 0.667. The summed E-state index contributed by atoms with van der Waals surface area (Å²) in [5.41, 5.74) is 0. The second-order valence-electron chi connectivity index (χ2n) is 4.52. The lowest BCUT2D eigenvalue weighted by atomic mass is 10.0. The number of ether oxygens (including phenoxy) is 1. The molecular weight excluding hydrogens is 252 g/mol. The Bertz CT molecular complexity index is 348. The molecule has 2 rings (SSSR count). The van der Waals surface area contributed by atoms with E-state index >= 15 is 0 Å². The first kappa shape index (κ1) is 13.3. The van der Waals surface area contributed by atoms with Crippen molar-refractivity contribution in [2.24, 2.45) is 0 Å². The molecule has 2 heterocycles. The Labute approximate surface area is 111 Å². The molecule has 2 aliphatic heterocycles. The van der Waals surface area contributed by atoms with Crippen LogP contribution in [-0.4, -0.2) is 35.1 Å². The number of unbranched alkanes of at least 4 members (excludes halogenated alkanes) is 1. The molecule has 2 saturated heterocycles. The third-order valence-corrected chi connectivity index (χ3v) is 4.78. The predicted molar refractivity (Wildman–Crippen MR) is 70.2 cm³/mol. The van der Waals surface area contributed by atoms with Crippen molar-refractivity contribution in [1.82, 2.24) is 10.6 Å². The van der Waals surface area contributed by atoms with Gasteiger partial charge in [-0.1, -0.05) is 13.0 Å². The highest BCUT2D eigenvalue weighted by atomic mass is 32.2. The lowest BCUT2D eigenvalue weighted by molar-refractivity contribution is -0.138. The predicted octanol–water partition coefficient (Wildman–Crippen LogP) is 1.40. The zero-order valence-corrected chi connectivity index (χ0v) is 11.0. The summed E-state index contributed by atoms with van der Waals surface area (Å²) in [5.74, 6) is 0.754. The summed E-state index contributed by atoms with van der Waals surface area (Å²) in [5, 5.41) is 6.34. The Balaban J connectivity index is 1.64. The molecule has 100 valence electrons. The van der Waals surface area contributed by atoms with Crippen molar-refractivity contribution >= 4 is 23.8 Å². The van der Waals surface area contributed by atoms with E-state index in [-0.39, 0.29) is 24.1 Å². The highest BCUT2D eigenvalue weighted by molar-refractivity contribution is 8.00. The Morgan fingerprint density at radius 1 is 1.50 bits per heavy atom. The molecule has 2 aliphatic rings. The maximum atomic E-state index is 11.2. The first-order chi connectivity index (χ1) is 8.70. The van der Waals surface area contributed by atoms with Gasteiger partial charge in [0.25, 0.3) is 0 Å². The van der Waals surface area contributed by atoms with E-state index in [9.17, 15) is 9.59 Å². The molecule has 3 atom stereocenters. The van der Waals surface area contributed by atoms with Crippen molar-refractivity contribution < 1.29 is 14.3 Å². The Morgan fingerprint density at radius 3 is 3.11 bits per heavy atom. The standard InChI is InChI=1S/C12H18N2O3S/c1-2-17-10(15)6-4-3-5-9-11-8(7-18-9)13-12(16)14-11/h2,8-9,11H,1,3-7H2,(H2,13,14,16)/t8-,9-,11-/m0/s1. The molecule has 2 fully saturated rings. The van der Waals surface area contributed by atoms with Crippen LogP contribution < -0.4 is 10.6 Å². The van der Waals surface area contributed by atoms with E-state index in [2.05, 4.69) is 21.9 Å². The van der Waals surface area contributed by atoms with E-state index in [1.165, 1.54) is 6.26 Å². The van der Waals surface area contributed by atoms with E-state index in [0.717, 1.165) is 25.0 Å². The number of esters is 1. The van der Waals surface area contributed by atoms with Gasteiger partial charge in [0, 0.05) is 17.4 Å². The summed E-state index contributed by atoms with van der Waals surface area (Å²) in [7, 11) is 0. The van der Waals surface area contributed by atoms with Crippen LogP contribution in [0.1, 0.15) is 25.7 Å². The van der Waals surface area contributed by atoms with E-state index in [1.54, 1.807) is 0 Å². The molecule has 6 heteroatoms. The number of fused-ring (bicyclic) bond motifs is 1. The van der Waals surface area contributed by atoms with E-state index < -0.39 is 0 Å². The number of carbonyl (C=O) groups is 2. The SMILES string of the molecule is C=COC(=O)CCCC[C@@H]1SC[C@@H]2NC(=O)N[C@@H]21. The zero-order valence-electron chi connectivity index (χ0n) is 10.2. The molecular formula is C12H18N2O3S. The smallest absolute Gasteiger partial charge is 0.315 e. The molecule has 0 aromatic rings. The summed E-state index contributed by atoms with van der Waals surface area (Å²) < 4.78 is 4.65. The Kier molecular flexibility index (Phi) is 4.52. The topological polar surface area (TPSA) is 67.4 Å². The molecule has 2 amide bonds. The fourth-order valence-electron chi connectivity index (χ4n) is 2.41. The third kappa shape index (κ3) is 3.19. The molecule has 2 N–H and O–H groups in total. The van der Waals surface area contributed by atoms with Gasteiger partial charge < -0.3 is 15.4 Å². The largest absolute Gasteiger partial charge is 0.435 e. The number of urea groups is 1. The number of amides is 2. The van der Waals surface area contributed by atoms with Crippen molar-refractivity contribution in [2.45, 2.75) is 43.0 Å². The zero-order chi connectivity index (χ0) is 13.0. The lowest BCUT2D eigenvalue weighted by Gasteiger charge is -2.16. The first-order valence-corrected chi connectivity index (χ1v) is 7.24. The highest BCUT2D eigenvalue weighted by Gasteiger charge is 2.42. The van der Waals surface area contributed by atoms with Crippen LogP contribution >= 0.6 is 11.8 Å². The van der Waals surface area contributed by atoms with Crippen LogP contribution in [0.2, 0.25) is 0 Å². The number of rotatable bonds is 6. The van der Waals surface area contributed by atoms with Crippen LogP contribution in [0.4, 0.5) is 4.79 Å². The maximum absolute atomic E-state index is 11.2. The molecule has 0 unspecified atom stereocenters. The van der Waals surface area contributed by atoms with Gasteiger partial charge in [0.05, 0.1) is 18.3 Å². The van der Waals surface area contributed by atoms with Crippen LogP contribution in [0, 0.1) is 0 Å². The van der Waals surface area contributed by atoms with Crippen molar-refractivity contribution in [3.8, 4) is 0 Å². The average Bonchev–Trinajstić information content (AvgIpc) is 2.85. The maximum Gasteiger partial charge on any atom is 0.315 e. The molecule has 18 heavy (non-hydrogen) atoms. The van der Waals surface area contributed by atoms with Gasteiger partial charge in [-0.25, -0.2) is 4.79 Å². The number of carbonyl (C=O) groups excluding carboxylic acids is 2. The van der Waals surface area contributed by atoms with Crippen LogP contribution in [0.3, 0.4) is 0 Å². The van der Waals surface area contributed by atoms with E-state index in [1.807, 2.05) is 11.8 Å². The van der Waals surface area contributed by atoms with Gasteiger partial charge in [0.15, 0.2) is 0 Å². The summed E-state index contributed by atoms with van der Waals surface area (Å²) in [6.07, 6.45) is 4.42. The van der Waals surface area contributed by atoms with Gasteiger partial charge >= 0.3 is 12.0 Å². The van der Waals surface area contributed by atoms with E-state index in [4.69, 9.17) is 0 Å². The number of hydrogen-bond acceptors (Lipinski definition) is 4. The molecule has 0 spiro atoms. The van der Waals surface area contributed by atoms with Crippen molar-refractivity contribution in [1.29, 1.82) is 0 Å². The summed E-state index contributed by atoms with van der Waals surface area (Å²) >= 11 is 1.90. The minimum atomic E-state index is -0.224. The summed E-state index contributed by atoms with van der Waals surface area (Å²) in [6.45, 7) is 3.34. The summed E-state index contributed by atoms with van der Waals surface area (Å²) in [6, 6.07) is 0.478. The summed E-state index contributed by atoms with van der Waals surface area (Å²) in [4.78, 5) is 22.3. The molecule has 0 saturated carbocycles. The first-order valence-electron chi connectivity index (χ1n) is 6.19. The average molecular weight is 270 g/mol. The normalized spacial score (nSPS) is 29.3. The van der Waals surface area contributed by atoms with Crippen LogP contribution in [-0.2, 0) is 9.53 Å². The van der Waals surface area contributed by atoms with Crippen molar-refractivity contribution in [3.05, 3.63) is 12.8 Å². The minimum Gasteiger partial charge on any atom is -0.435 e. The van der Waals surface area contributed by atoms with Gasteiger partial charge in [0.2, 0.25) is 0 Å². The molecule has 5 nitrogen and oxygen atoms in total. The van der Waals surface area contributed by atoms with Gasteiger partial charge in [-0.3, -0.25) is 4.79 Å². The van der Waals surface area contributed by atoms with Crippen molar-refractivity contribution in [2.75, 3.05) is 5.75 Å². The van der Waals surface area contributed by atoms with Crippen LogP contribution in [0.15, 0.2) is 12.8 Å². The second kappa shape index (κ2) is 6.13. The van der Waals surface area contributed by atoms with Gasteiger partial charge in [0.1, 0.15) is 0 Å².